The van der Waals surface area contributed by atoms with Gasteiger partial charge < -0.3 is 14.9 Å². The Morgan fingerprint density at radius 3 is 2.67 bits per heavy atom. The van der Waals surface area contributed by atoms with Crippen molar-refractivity contribution < 1.29 is 14.7 Å². The maximum Gasteiger partial charge on any atom is 0.290 e. The van der Waals surface area contributed by atoms with Crippen LogP contribution in [0.1, 0.15) is 55.8 Å². The molecule has 2 bridgehead atoms. The number of carbonyl (C=O) groups is 2. The van der Waals surface area contributed by atoms with Crippen molar-refractivity contribution in [3.05, 3.63) is 29.8 Å². The summed E-state index contributed by atoms with van der Waals surface area (Å²) in [5, 5.41) is 6.89. The number of anilines is 1. The second-order valence-electron chi connectivity index (χ2n) is 9.17. The molecule has 4 rings (SSSR count). The van der Waals surface area contributed by atoms with Crippen LogP contribution in [0.5, 0.6) is 0 Å². The van der Waals surface area contributed by atoms with Crippen LogP contribution < -0.4 is 4.90 Å². The molecule has 0 unspecified atom stereocenters. The minimum Gasteiger partial charge on any atom is -0.483 e. The minimum atomic E-state index is -0.250. The molecular weight excluding hydrogens is 378 g/mol. The molecular formula is C24H37N3O3. The zero-order chi connectivity index (χ0) is 21.7. The van der Waals surface area contributed by atoms with E-state index in [9.17, 15) is 4.79 Å². The molecule has 4 atom stereocenters. The predicted octanol–water partition coefficient (Wildman–Crippen LogP) is 3.57. The van der Waals surface area contributed by atoms with Crippen molar-refractivity contribution >= 4 is 18.1 Å². The van der Waals surface area contributed by atoms with Crippen molar-refractivity contribution in [1.29, 1.82) is 0 Å². The van der Waals surface area contributed by atoms with Crippen molar-refractivity contribution in [2.24, 2.45) is 11.8 Å². The van der Waals surface area contributed by atoms with Crippen LogP contribution in [-0.4, -0.2) is 73.1 Å². The zero-order valence-electron chi connectivity index (χ0n) is 18.7. The van der Waals surface area contributed by atoms with Crippen molar-refractivity contribution in [3.8, 4) is 0 Å². The van der Waals surface area contributed by atoms with E-state index in [0.29, 0.717) is 23.9 Å². The second-order valence-corrected chi connectivity index (χ2v) is 9.17. The van der Waals surface area contributed by atoms with Gasteiger partial charge in [0.05, 0.1) is 0 Å². The van der Waals surface area contributed by atoms with Gasteiger partial charge in [-0.3, -0.25) is 14.5 Å². The normalized spacial score (nSPS) is 28.0. The van der Waals surface area contributed by atoms with Gasteiger partial charge in [0.15, 0.2) is 0 Å². The fourth-order valence-electron chi connectivity index (χ4n) is 5.87. The lowest BCUT2D eigenvalue weighted by Crippen LogP contribution is -2.64. The van der Waals surface area contributed by atoms with E-state index >= 15 is 0 Å². The molecule has 0 saturated carbocycles. The number of amides is 1. The van der Waals surface area contributed by atoms with Gasteiger partial charge in [0.25, 0.3) is 12.4 Å². The van der Waals surface area contributed by atoms with Crippen LogP contribution in [-0.2, 0) is 4.79 Å². The molecule has 0 spiro atoms. The lowest BCUT2D eigenvalue weighted by atomic mass is 9.71. The summed E-state index contributed by atoms with van der Waals surface area (Å²) >= 11 is 0. The molecule has 0 aromatic heterocycles. The van der Waals surface area contributed by atoms with Crippen LogP contribution in [0.15, 0.2) is 24.3 Å². The highest BCUT2D eigenvalue weighted by Crippen LogP contribution is 2.42. The molecule has 30 heavy (non-hydrogen) atoms. The monoisotopic (exact) mass is 415 g/mol. The average Bonchev–Trinajstić information content (AvgIpc) is 2.76. The van der Waals surface area contributed by atoms with Gasteiger partial charge in [-0.25, -0.2) is 0 Å². The van der Waals surface area contributed by atoms with Crippen LogP contribution in [0.3, 0.4) is 0 Å². The van der Waals surface area contributed by atoms with E-state index in [0.717, 1.165) is 24.3 Å². The third kappa shape index (κ3) is 4.80. The molecule has 3 aliphatic heterocycles. The van der Waals surface area contributed by atoms with E-state index < -0.39 is 0 Å². The van der Waals surface area contributed by atoms with Gasteiger partial charge in [-0.05, 0) is 62.3 Å². The van der Waals surface area contributed by atoms with E-state index in [2.05, 4.69) is 27.7 Å². The third-order valence-electron chi connectivity index (χ3n) is 7.10. The van der Waals surface area contributed by atoms with Crippen LogP contribution in [0, 0.1) is 11.8 Å². The smallest absolute Gasteiger partial charge is 0.290 e. The largest absolute Gasteiger partial charge is 0.483 e. The molecule has 6 nitrogen and oxygen atoms in total. The molecule has 3 aliphatic rings. The number of carboxylic acid groups (broad SMARTS) is 1. The first-order chi connectivity index (χ1) is 14.5. The van der Waals surface area contributed by atoms with Crippen molar-refractivity contribution in [1.82, 2.24) is 9.80 Å². The highest BCUT2D eigenvalue weighted by Gasteiger charge is 2.47. The number of hydrogen-bond acceptors (Lipinski definition) is 4. The van der Waals surface area contributed by atoms with Crippen molar-refractivity contribution in [2.75, 3.05) is 38.6 Å². The Hall–Kier alpha value is -2.08. The number of rotatable bonds is 4. The topological polar surface area (TPSA) is 64.1 Å². The maximum atomic E-state index is 13.3. The van der Waals surface area contributed by atoms with Gasteiger partial charge in [-0.2, -0.15) is 0 Å². The van der Waals surface area contributed by atoms with E-state index in [1.165, 1.54) is 45.1 Å². The molecule has 0 radical (unpaired) electrons. The number of piperidine rings is 3. The molecule has 1 aromatic rings. The maximum absolute atomic E-state index is 13.3. The Balaban J connectivity index is 0.000000806. The molecule has 6 heteroatoms. The summed E-state index contributed by atoms with van der Waals surface area (Å²) in [7, 11) is 4.06. The Bertz CT molecular complexity index is 723. The van der Waals surface area contributed by atoms with E-state index in [-0.39, 0.29) is 12.4 Å². The molecule has 3 fully saturated rings. The SMILES string of the molecule is CCC[C@H]1[C@H]2C[C@H](CN(C(=O)c3cccc(N(C)C)c3)C2)[C@@H]2CCCCN21.O=CO. The van der Waals surface area contributed by atoms with Gasteiger partial charge in [0, 0.05) is 50.5 Å². The summed E-state index contributed by atoms with van der Waals surface area (Å²) in [5.74, 6) is 1.55. The first-order valence-electron chi connectivity index (χ1n) is 11.4. The summed E-state index contributed by atoms with van der Waals surface area (Å²) < 4.78 is 0. The van der Waals surface area contributed by atoms with Crippen molar-refractivity contribution in [3.63, 3.8) is 0 Å². The lowest BCUT2D eigenvalue weighted by molar-refractivity contribution is -0.122. The Morgan fingerprint density at radius 2 is 1.97 bits per heavy atom. The molecule has 166 valence electrons. The zero-order valence-corrected chi connectivity index (χ0v) is 18.7. The molecule has 1 aromatic carbocycles. The van der Waals surface area contributed by atoms with Gasteiger partial charge in [0.2, 0.25) is 0 Å². The molecule has 3 saturated heterocycles. The average molecular weight is 416 g/mol. The fraction of sp³-hybridized carbons (Fsp3) is 0.667. The van der Waals surface area contributed by atoms with Gasteiger partial charge in [-0.15, -0.1) is 0 Å². The van der Waals surface area contributed by atoms with E-state index in [4.69, 9.17) is 9.90 Å². The Kier molecular flexibility index (Phi) is 7.75. The number of nitrogens with zero attached hydrogens (tertiary/aromatic N) is 3. The number of carbonyl (C=O) groups excluding carboxylic acids is 1. The van der Waals surface area contributed by atoms with Crippen molar-refractivity contribution in [2.45, 2.75) is 57.5 Å². The quantitative estimate of drug-likeness (QED) is 0.762. The fourth-order valence-corrected chi connectivity index (χ4v) is 5.87. The summed E-state index contributed by atoms with van der Waals surface area (Å²) in [5.41, 5.74) is 1.94. The first kappa shape index (κ1) is 22.6. The number of benzene rings is 1. The highest BCUT2D eigenvalue weighted by molar-refractivity contribution is 5.95. The molecule has 3 heterocycles. The molecule has 0 aliphatic carbocycles. The number of fused-ring (bicyclic) bond motifs is 4. The lowest BCUT2D eigenvalue weighted by Gasteiger charge is -2.57. The highest BCUT2D eigenvalue weighted by atomic mass is 16.3. The minimum absolute atomic E-state index is 0.230. The Morgan fingerprint density at radius 1 is 1.23 bits per heavy atom. The van der Waals surface area contributed by atoms with Gasteiger partial charge >= 0.3 is 0 Å². The third-order valence-corrected chi connectivity index (χ3v) is 7.10. The summed E-state index contributed by atoms with van der Waals surface area (Å²) in [4.78, 5) is 28.8. The standard InChI is InChI=1S/C23H35N3O.CH2O2/c1-4-8-21-18-13-19(22-11-5-6-12-26(21)22)16-25(15-18)23(27)17-9-7-10-20(14-17)24(2)3;2-1-3/h7,9-10,14,18-19,21-22H,4-6,8,11-13,15-16H2,1-3H3;1H,(H,2,3)/t18-,19+,21-,22-;/m0./s1. The number of likely N-dealkylation sites (tertiary alicyclic amines) is 1. The molecule has 1 amide bonds. The summed E-state index contributed by atoms with van der Waals surface area (Å²) in [6.07, 6.45) is 7.90. The summed E-state index contributed by atoms with van der Waals surface area (Å²) in [6.45, 7) is 5.22. The first-order valence-corrected chi connectivity index (χ1v) is 11.4. The van der Waals surface area contributed by atoms with E-state index in [1.807, 2.05) is 32.3 Å². The Labute approximate surface area is 180 Å². The predicted molar refractivity (Wildman–Crippen MR) is 120 cm³/mol. The van der Waals surface area contributed by atoms with Gasteiger partial charge in [-0.1, -0.05) is 25.8 Å². The van der Waals surface area contributed by atoms with Crippen LogP contribution in [0.4, 0.5) is 5.69 Å². The number of hydrogen-bond donors (Lipinski definition) is 1. The van der Waals surface area contributed by atoms with Gasteiger partial charge in [0.1, 0.15) is 0 Å². The second kappa shape index (κ2) is 10.3. The van der Waals surface area contributed by atoms with Crippen LogP contribution in [0.25, 0.3) is 0 Å². The van der Waals surface area contributed by atoms with E-state index in [1.54, 1.807) is 0 Å². The summed E-state index contributed by atoms with van der Waals surface area (Å²) in [6, 6.07) is 9.49. The van der Waals surface area contributed by atoms with Crippen LogP contribution >= 0.6 is 0 Å². The molecule has 1 N–H and O–H groups in total. The van der Waals surface area contributed by atoms with Crippen LogP contribution in [0.2, 0.25) is 0 Å².